The zero-order chi connectivity index (χ0) is 98.9. The summed E-state index contributed by atoms with van der Waals surface area (Å²) in [4.78, 5) is 47.1. The van der Waals surface area contributed by atoms with Crippen molar-refractivity contribution in [3.05, 3.63) is 491 Å². The van der Waals surface area contributed by atoms with E-state index in [1.165, 1.54) is 114 Å². The van der Waals surface area contributed by atoms with E-state index in [0.717, 1.165) is 99.6 Å². The van der Waals surface area contributed by atoms with E-state index in [9.17, 15) is 0 Å². The van der Waals surface area contributed by atoms with Crippen molar-refractivity contribution in [3.8, 4) is 203 Å². The van der Waals surface area contributed by atoms with Gasteiger partial charge in [-0.2, -0.15) is 0 Å². The van der Waals surface area contributed by atoms with Gasteiger partial charge in [0.1, 0.15) is 24.2 Å². The minimum Gasteiger partial charge on any atom is -0.208 e. The van der Waals surface area contributed by atoms with E-state index in [-0.39, 0.29) is 0 Å². The normalized spacial score (nSPS) is 12.9. The lowest BCUT2D eigenvalue weighted by molar-refractivity contribution is 1.08. The van der Waals surface area contributed by atoms with E-state index in [4.69, 9.17) is 44.9 Å². The number of aromatic nitrogens is 9. The molecular formula is C135H99N9Si3. The minimum atomic E-state index is -2.04. The molecule has 696 valence electrons. The molecule has 24 aromatic rings. The molecule has 0 saturated carbocycles. The molecule has 3 aliphatic heterocycles. The van der Waals surface area contributed by atoms with Gasteiger partial charge in [-0.25, -0.2) is 44.9 Å². The minimum absolute atomic E-state index is 0.657. The second kappa shape index (κ2) is 37.7. The number of nitrogens with zero attached hydrogens (tertiary/aromatic N) is 9. The van der Waals surface area contributed by atoms with E-state index in [2.05, 4.69) is 512 Å². The summed E-state index contributed by atoms with van der Waals surface area (Å²) in [5, 5.41) is 15.6. The van der Waals surface area contributed by atoms with E-state index in [1.54, 1.807) is 0 Å². The summed E-state index contributed by atoms with van der Waals surface area (Å²) < 4.78 is 0. The largest absolute Gasteiger partial charge is 0.208 e. The molecule has 0 atom stereocenters. The quantitative estimate of drug-likeness (QED) is 0.0925. The van der Waals surface area contributed by atoms with Gasteiger partial charge in [0, 0.05) is 50.1 Å². The average molecular weight is 1930 g/mol. The molecule has 0 spiro atoms. The van der Waals surface area contributed by atoms with Crippen LogP contribution in [0.1, 0.15) is 0 Å². The van der Waals surface area contributed by atoms with Crippen LogP contribution in [-0.2, 0) is 0 Å². The second-order valence-corrected chi connectivity index (χ2v) is 52.7. The van der Waals surface area contributed by atoms with Crippen LogP contribution < -0.4 is 31.1 Å². The van der Waals surface area contributed by atoms with Crippen molar-refractivity contribution >= 4 is 87.7 Å². The van der Waals surface area contributed by atoms with Crippen LogP contribution >= 0.6 is 0 Å². The highest BCUT2D eigenvalue weighted by Gasteiger charge is 2.42. The Hall–Kier alpha value is -17.9. The van der Waals surface area contributed by atoms with E-state index in [1.807, 2.05) is 18.2 Å². The first-order valence-corrected chi connectivity index (χ1v) is 59.4. The Labute approximate surface area is 859 Å². The summed E-state index contributed by atoms with van der Waals surface area (Å²) >= 11 is 0. The predicted octanol–water partition coefficient (Wildman–Crippen LogP) is 30.5. The molecule has 0 radical (unpaired) electrons. The Balaban J connectivity index is 0.000000115. The fourth-order valence-corrected chi connectivity index (χ4v) is 32.1. The number of hydrogen-bond acceptors (Lipinski definition) is 9. The Bertz CT molecular complexity index is 9250. The molecule has 147 heavy (non-hydrogen) atoms. The Morgan fingerprint density at radius 1 is 0.116 bits per heavy atom. The summed E-state index contributed by atoms with van der Waals surface area (Å²) in [7, 11) is -5.72. The maximum Gasteiger partial charge on any atom is 0.164 e. The lowest BCUT2D eigenvalue weighted by Gasteiger charge is -2.22. The van der Waals surface area contributed by atoms with Crippen LogP contribution in [0.2, 0.25) is 39.3 Å². The molecule has 21 aromatic carbocycles. The molecule has 0 saturated heterocycles. The van der Waals surface area contributed by atoms with Gasteiger partial charge < -0.3 is 0 Å². The monoisotopic (exact) mass is 1930 g/mol. The van der Waals surface area contributed by atoms with Crippen LogP contribution in [0, 0.1) is 0 Å². The summed E-state index contributed by atoms with van der Waals surface area (Å²) in [5.41, 5.74) is 30.9. The predicted molar refractivity (Wildman–Crippen MR) is 620 cm³/mol. The van der Waals surface area contributed by atoms with Crippen LogP contribution in [0.4, 0.5) is 0 Å². The molecule has 0 unspecified atom stereocenters. The third-order valence-corrected chi connectivity index (χ3v) is 40.5. The van der Waals surface area contributed by atoms with Gasteiger partial charge in [-0.1, -0.05) is 488 Å². The van der Waals surface area contributed by atoms with Gasteiger partial charge in [-0.3, -0.25) is 0 Å². The van der Waals surface area contributed by atoms with Crippen LogP contribution in [-0.4, -0.2) is 69.1 Å². The first kappa shape index (κ1) is 90.4. The zero-order valence-corrected chi connectivity index (χ0v) is 85.3. The molecule has 3 aromatic heterocycles. The fourth-order valence-electron chi connectivity index (χ4n) is 22.5. The number of benzene rings is 21. The highest BCUT2D eigenvalue weighted by Crippen LogP contribution is 2.45. The fraction of sp³-hybridized carbons (Fsp3) is 0.0444. The van der Waals surface area contributed by atoms with Crippen LogP contribution in [0.15, 0.2) is 491 Å². The number of fused-ring (bicyclic) bond motifs is 12. The molecule has 12 heteroatoms. The number of hydrogen-bond donors (Lipinski definition) is 0. The number of rotatable bonds is 15. The highest BCUT2D eigenvalue weighted by molar-refractivity contribution is 7.05. The summed E-state index contributed by atoms with van der Waals surface area (Å²) in [6.07, 6.45) is 0. The lowest BCUT2D eigenvalue weighted by Crippen LogP contribution is -2.50. The molecule has 0 bridgehead atoms. The Morgan fingerprint density at radius 2 is 0.333 bits per heavy atom. The molecule has 0 aliphatic carbocycles. The van der Waals surface area contributed by atoms with E-state index >= 15 is 0 Å². The van der Waals surface area contributed by atoms with E-state index in [0.29, 0.717) is 52.4 Å². The topological polar surface area (TPSA) is 116 Å². The van der Waals surface area contributed by atoms with Crippen LogP contribution in [0.25, 0.3) is 235 Å². The van der Waals surface area contributed by atoms with Gasteiger partial charge in [0.25, 0.3) is 0 Å². The van der Waals surface area contributed by atoms with Gasteiger partial charge in [0.2, 0.25) is 0 Å². The van der Waals surface area contributed by atoms with Crippen molar-refractivity contribution < 1.29 is 0 Å². The first-order chi connectivity index (χ1) is 72.1. The van der Waals surface area contributed by atoms with Gasteiger partial charge in [-0.15, -0.1) is 0 Å². The first-order valence-electron chi connectivity index (χ1n) is 50.4. The summed E-state index contributed by atoms with van der Waals surface area (Å²) in [6.45, 7) is 14.7. The molecule has 0 N–H and O–H groups in total. The van der Waals surface area contributed by atoms with Crippen molar-refractivity contribution in [1.82, 2.24) is 44.9 Å². The standard InChI is InChI=1S/3C45H33N3Si/c1-49(2)41-26-12-11-23-37(41)38-24-14-25-40(42(38)49)45-47-43(33-20-13-19-32(29-33)30-15-5-3-6-16-30)46-44(48-45)39-28-27-34(31-17-7-4-8-18-31)35-21-9-10-22-36(35)39;1-49(2)41-23-12-11-22-38(41)40-29-34(24-27-42(40)49)44-46-43(33-19-13-18-32(28-33)30-14-5-3-6-15-30)47-45(48-44)39-26-25-35(31-16-7-4-8-17-31)36-20-9-10-21-37(36)39;1-49(2)41-23-12-11-22-38(41)39-25-24-34(29-42(39)49)44-46-43(33-19-13-18-32(28-33)30-14-5-3-6-15-30)47-45(48-44)40-27-26-35(31-16-7-4-8-17-31)36-20-9-10-21-37(36)40/h3*3-29H,1-2H3. The van der Waals surface area contributed by atoms with Crippen molar-refractivity contribution in [2.45, 2.75) is 39.3 Å². The Morgan fingerprint density at radius 3 is 0.714 bits per heavy atom. The molecule has 0 amide bonds. The van der Waals surface area contributed by atoms with Crippen LogP contribution in [0.3, 0.4) is 0 Å². The molecule has 0 fully saturated rings. The van der Waals surface area contributed by atoms with Gasteiger partial charge in [-0.05, 0) is 206 Å². The lowest BCUT2D eigenvalue weighted by atomic mass is 9.94. The highest BCUT2D eigenvalue weighted by atomic mass is 28.3. The average Bonchev–Trinajstić information content (AvgIpc) is 1.57. The third kappa shape index (κ3) is 16.7. The van der Waals surface area contributed by atoms with Crippen molar-refractivity contribution in [2.75, 3.05) is 0 Å². The molecule has 9 nitrogen and oxygen atoms in total. The molecule has 6 heterocycles. The maximum absolute atomic E-state index is 5.34. The van der Waals surface area contributed by atoms with Gasteiger partial charge >= 0.3 is 0 Å². The Kier molecular flexibility index (Phi) is 23.2. The second-order valence-electron chi connectivity index (χ2n) is 39.7. The molecular weight excluding hydrogens is 1830 g/mol. The van der Waals surface area contributed by atoms with Gasteiger partial charge in [0.15, 0.2) is 52.4 Å². The van der Waals surface area contributed by atoms with E-state index < -0.39 is 24.2 Å². The smallest absolute Gasteiger partial charge is 0.164 e. The van der Waals surface area contributed by atoms with Crippen molar-refractivity contribution in [2.24, 2.45) is 0 Å². The molecule has 27 rings (SSSR count). The SMILES string of the molecule is C[Si]1(C)c2ccccc2-c2cc(-c3nc(-c4cccc(-c5ccccc5)c4)nc(-c4ccc(-c5ccccc5)c5ccccc45)n3)ccc21.C[Si]1(C)c2ccccc2-c2ccc(-c3nc(-c4cccc(-c5ccccc5)c4)nc(-c4ccc(-c5ccccc5)c5ccccc45)n3)cc21.C[Si]1(C)c2ccccc2-c2cccc(-c3nc(-c4cccc(-c5ccccc5)c4)nc(-c4ccc(-c5ccccc5)c5ccccc45)n3)c21. The van der Waals surface area contributed by atoms with Crippen molar-refractivity contribution in [3.63, 3.8) is 0 Å². The third-order valence-electron chi connectivity index (χ3n) is 29.8. The molecule has 3 aliphatic rings. The maximum atomic E-state index is 5.34. The van der Waals surface area contributed by atoms with Crippen LogP contribution in [0.5, 0.6) is 0 Å². The summed E-state index contributed by atoms with van der Waals surface area (Å²) in [6, 6.07) is 174. The summed E-state index contributed by atoms with van der Waals surface area (Å²) in [5.74, 6) is 6.07. The van der Waals surface area contributed by atoms with Gasteiger partial charge in [0.05, 0.1) is 0 Å². The zero-order valence-electron chi connectivity index (χ0n) is 82.3. The van der Waals surface area contributed by atoms with Crippen molar-refractivity contribution in [1.29, 1.82) is 0 Å².